The Hall–Kier alpha value is -2.50. The van der Waals surface area contributed by atoms with Crippen molar-refractivity contribution in [2.45, 2.75) is 18.8 Å². The van der Waals surface area contributed by atoms with E-state index in [-0.39, 0.29) is 0 Å². The highest BCUT2D eigenvalue weighted by Crippen LogP contribution is 2.30. The van der Waals surface area contributed by atoms with Gasteiger partial charge in [0.2, 0.25) is 0 Å². The van der Waals surface area contributed by atoms with Crippen molar-refractivity contribution in [1.29, 1.82) is 0 Å². The van der Waals surface area contributed by atoms with Gasteiger partial charge in [0.25, 0.3) is 0 Å². The van der Waals surface area contributed by atoms with Crippen LogP contribution in [0.4, 0.5) is 5.82 Å². The van der Waals surface area contributed by atoms with E-state index in [1.165, 1.54) is 0 Å². The number of fused-ring (bicyclic) bond motifs is 1. The fourth-order valence-corrected chi connectivity index (χ4v) is 3.28. The van der Waals surface area contributed by atoms with E-state index >= 15 is 0 Å². The quantitative estimate of drug-likeness (QED) is 0.724. The third-order valence-corrected chi connectivity index (χ3v) is 4.35. The Balaban J connectivity index is 1.68. The Kier molecular flexibility index (Phi) is 3.21. The maximum atomic E-state index is 4.54. The van der Waals surface area contributed by atoms with Crippen LogP contribution in [0, 0.1) is 0 Å². The molecule has 6 nitrogen and oxygen atoms in total. The molecule has 4 rings (SSSR count). The summed E-state index contributed by atoms with van der Waals surface area (Å²) in [5.41, 5.74) is 0.994. The van der Waals surface area contributed by atoms with Crippen LogP contribution >= 0.6 is 0 Å². The van der Waals surface area contributed by atoms with Crippen LogP contribution in [0.15, 0.2) is 36.9 Å². The third-order valence-electron chi connectivity index (χ3n) is 4.35. The predicted molar refractivity (Wildman–Crippen MR) is 84.7 cm³/mol. The highest BCUT2D eigenvalue weighted by Gasteiger charge is 2.26. The number of rotatable bonds is 2. The maximum Gasteiger partial charge on any atom is 0.139 e. The van der Waals surface area contributed by atoms with Crippen LogP contribution in [-0.4, -0.2) is 37.8 Å². The zero-order chi connectivity index (χ0) is 14.9. The van der Waals surface area contributed by atoms with Crippen LogP contribution in [0.5, 0.6) is 0 Å². The van der Waals surface area contributed by atoms with Crippen molar-refractivity contribution in [3.8, 4) is 0 Å². The highest BCUT2D eigenvalue weighted by atomic mass is 15.3. The van der Waals surface area contributed by atoms with Gasteiger partial charge in [-0.15, -0.1) is 10.2 Å². The molecule has 1 saturated heterocycles. The molecular formula is C16H18N6. The minimum Gasteiger partial charge on any atom is -0.355 e. The van der Waals surface area contributed by atoms with Crippen molar-refractivity contribution in [3.05, 3.63) is 42.7 Å². The molecule has 0 saturated carbocycles. The Morgan fingerprint density at radius 1 is 1.18 bits per heavy atom. The first-order valence-corrected chi connectivity index (χ1v) is 7.61. The summed E-state index contributed by atoms with van der Waals surface area (Å²) in [6, 6.07) is 8.18. The smallest absolute Gasteiger partial charge is 0.139 e. The van der Waals surface area contributed by atoms with Crippen molar-refractivity contribution < 1.29 is 0 Å². The molecule has 0 aliphatic carbocycles. The average molecular weight is 294 g/mol. The van der Waals surface area contributed by atoms with Gasteiger partial charge in [0.1, 0.15) is 24.3 Å². The van der Waals surface area contributed by atoms with Gasteiger partial charge in [-0.3, -0.25) is 0 Å². The van der Waals surface area contributed by atoms with E-state index in [0.717, 1.165) is 48.5 Å². The van der Waals surface area contributed by atoms with Gasteiger partial charge in [-0.1, -0.05) is 12.1 Å². The number of para-hydroxylation sites is 1. The number of aromatic nitrogens is 5. The maximum absolute atomic E-state index is 4.54. The van der Waals surface area contributed by atoms with Crippen LogP contribution in [0.1, 0.15) is 24.6 Å². The summed E-state index contributed by atoms with van der Waals surface area (Å²) < 4.78 is 2.02. The minimum atomic E-state index is 0.398. The Labute approximate surface area is 128 Å². The van der Waals surface area contributed by atoms with E-state index in [0.29, 0.717) is 5.92 Å². The first-order chi connectivity index (χ1) is 10.8. The fourth-order valence-electron chi connectivity index (χ4n) is 3.28. The van der Waals surface area contributed by atoms with Crippen molar-refractivity contribution in [2.75, 3.05) is 18.0 Å². The lowest BCUT2D eigenvalue weighted by Crippen LogP contribution is -2.36. The number of nitrogens with zero attached hydrogens (tertiary/aromatic N) is 6. The largest absolute Gasteiger partial charge is 0.355 e. The summed E-state index contributed by atoms with van der Waals surface area (Å²) in [7, 11) is 2.01. The SMILES string of the molecule is Cn1cnnc1[C@@H]1CCCN(c2ncnc3ccccc23)C1. The van der Waals surface area contributed by atoms with Crippen molar-refractivity contribution in [2.24, 2.45) is 7.05 Å². The second kappa shape index (κ2) is 5.36. The molecule has 1 atom stereocenters. The monoisotopic (exact) mass is 294 g/mol. The molecule has 0 amide bonds. The third kappa shape index (κ3) is 2.20. The number of hydrogen-bond acceptors (Lipinski definition) is 5. The molecule has 3 heterocycles. The molecule has 1 aliphatic rings. The molecule has 2 aromatic heterocycles. The Bertz CT molecular complexity index is 791. The summed E-state index contributed by atoms with van der Waals surface area (Å²) in [4.78, 5) is 11.3. The standard InChI is InChI=1S/C16H18N6/c1-21-11-19-20-15(21)12-5-4-8-22(9-12)16-13-6-2-3-7-14(13)17-10-18-16/h2-3,6-7,10-12H,4-5,8-9H2,1H3/t12-/m1/s1. The normalized spacial score (nSPS) is 18.8. The average Bonchev–Trinajstić information content (AvgIpc) is 3.00. The van der Waals surface area contributed by atoms with Crippen LogP contribution in [0.25, 0.3) is 10.9 Å². The van der Waals surface area contributed by atoms with Gasteiger partial charge in [0.15, 0.2) is 0 Å². The van der Waals surface area contributed by atoms with Crippen molar-refractivity contribution in [1.82, 2.24) is 24.7 Å². The van der Waals surface area contributed by atoms with Crippen molar-refractivity contribution in [3.63, 3.8) is 0 Å². The second-order valence-electron chi connectivity index (χ2n) is 5.80. The van der Waals surface area contributed by atoms with E-state index in [9.17, 15) is 0 Å². The molecular weight excluding hydrogens is 276 g/mol. The summed E-state index contributed by atoms with van der Waals surface area (Å²) >= 11 is 0. The number of hydrogen-bond donors (Lipinski definition) is 0. The van der Waals surface area contributed by atoms with E-state index < -0.39 is 0 Å². The summed E-state index contributed by atoms with van der Waals surface area (Å²) in [6.07, 6.45) is 5.71. The molecule has 0 radical (unpaired) electrons. The number of benzene rings is 1. The summed E-state index contributed by atoms with van der Waals surface area (Å²) in [5, 5.41) is 9.41. The molecule has 3 aromatic rings. The van der Waals surface area contributed by atoms with Gasteiger partial charge in [-0.2, -0.15) is 0 Å². The minimum absolute atomic E-state index is 0.398. The van der Waals surface area contributed by atoms with E-state index in [1.54, 1.807) is 12.7 Å². The van der Waals surface area contributed by atoms with Crippen LogP contribution in [-0.2, 0) is 7.05 Å². The lowest BCUT2D eigenvalue weighted by atomic mass is 9.97. The molecule has 0 unspecified atom stereocenters. The van der Waals surface area contributed by atoms with Gasteiger partial charge in [-0.25, -0.2) is 9.97 Å². The first-order valence-electron chi connectivity index (χ1n) is 7.61. The van der Waals surface area contributed by atoms with Crippen LogP contribution in [0.3, 0.4) is 0 Å². The van der Waals surface area contributed by atoms with Crippen LogP contribution in [0.2, 0.25) is 0 Å². The van der Waals surface area contributed by atoms with Crippen molar-refractivity contribution >= 4 is 16.7 Å². The van der Waals surface area contributed by atoms with E-state index in [2.05, 4.69) is 31.1 Å². The fraction of sp³-hybridized carbons (Fsp3) is 0.375. The Morgan fingerprint density at radius 3 is 2.95 bits per heavy atom. The predicted octanol–water partition coefficient (Wildman–Crippen LogP) is 2.14. The molecule has 6 heteroatoms. The number of anilines is 1. The number of piperidine rings is 1. The molecule has 0 bridgehead atoms. The molecule has 1 aromatic carbocycles. The first kappa shape index (κ1) is 13.2. The molecule has 22 heavy (non-hydrogen) atoms. The molecule has 0 spiro atoms. The molecule has 0 N–H and O–H groups in total. The van der Waals surface area contributed by atoms with E-state index in [4.69, 9.17) is 0 Å². The van der Waals surface area contributed by atoms with Gasteiger partial charge < -0.3 is 9.47 Å². The van der Waals surface area contributed by atoms with Gasteiger partial charge in [0, 0.05) is 31.4 Å². The van der Waals surface area contributed by atoms with E-state index in [1.807, 2.05) is 29.8 Å². The van der Waals surface area contributed by atoms with Crippen LogP contribution < -0.4 is 4.90 Å². The van der Waals surface area contributed by atoms with Gasteiger partial charge in [0.05, 0.1) is 5.52 Å². The lowest BCUT2D eigenvalue weighted by Gasteiger charge is -2.33. The lowest BCUT2D eigenvalue weighted by molar-refractivity contribution is 0.478. The van der Waals surface area contributed by atoms with Gasteiger partial charge >= 0.3 is 0 Å². The highest BCUT2D eigenvalue weighted by molar-refractivity contribution is 5.89. The summed E-state index contributed by atoms with van der Waals surface area (Å²) in [6.45, 7) is 1.95. The zero-order valence-electron chi connectivity index (χ0n) is 12.6. The second-order valence-corrected chi connectivity index (χ2v) is 5.80. The molecule has 1 aliphatic heterocycles. The molecule has 1 fully saturated rings. The Morgan fingerprint density at radius 2 is 2.09 bits per heavy atom. The topological polar surface area (TPSA) is 59.7 Å². The zero-order valence-corrected chi connectivity index (χ0v) is 12.6. The molecule has 112 valence electrons. The number of aryl methyl sites for hydroxylation is 1. The summed E-state index contributed by atoms with van der Waals surface area (Å²) in [5.74, 6) is 2.48. The van der Waals surface area contributed by atoms with Gasteiger partial charge in [-0.05, 0) is 25.0 Å².